The van der Waals surface area contributed by atoms with Crippen LogP contribution in [0, 0.1) is 12.4 Å². The first-order chi connectivity index (χ1) is 14.0. The van der Waals surface area contributed by atoms with E-state index in [9.17, 15) is 19.1 Å². The van der Waals surface area contributed by atoms with Gasteiger partial charge in [0.2, 0.25) is 5.69 Å². The predicted octanol–water partition coefficient (Wildman–Crippen LogP) is 5.20. The fraction of sp³-hybridized carbons (Fsp3) is 0. The van der Waals surface area contributed by atoms with Gasteiger partial charge in [0.15, 0.2) is 5.58 Å². The Morgan fingerprint density at radius 2 is 2.03 bits per heavy atom. The van der Waals surface area contributed by atoms with E-state index in [1.807, 2.05) is 0 Å². The van der Waals surface area contributed by atoms with Gasteiger partial charge in [0.25, 0.3) is 5.89 Å². The van der Waals surface area contributed by atoms with Crippen molar-refractivity contribution in [3.8, 4) is 11.1 Å². The van der Waals surface area contributed by atoms with Crippen molar-refractivity contribution in [3.05, 3.63) is 76.5 Å². The molecule has 4 aromatic rings. The molecule has 2 N–H and O–H groups in total. The second kappa shape index (κ2) is 7.18. The molecule has 4 rings (SSSR count). The number of rotatable bonds is 4. The lowest BCUT2D eigenvalue weighted by atomic mass is 10.0. The van der Waals surface area contributed by atoms with E-state index < -0.39 is 17.7 Å². The molecule has 1 amide bonds. The van der Waals surface area contributed by atoms with E-state index in [0.29, 0.717) is 16.7 Å². The van der Waals surface area contributed by atoms with Gasteiger partial charge in [-0.3, -0.25) is 4.79 Å². The third kappa shape index (κ3) is 3.33. The summed E-state index contributed by atoms with van der Waals surface area (Å²) in [6.07, 6.45) is 0. The maximum Gasteiger partial charge on any atom is 0.339 e. The number of carbonyl (C=O) groups excluding carboxylic acids is 1. The molecule has 9 heteroatoms. The highest BCUT2D eigenvalue weighted by Crippen LogP contribution is 2.37. The molecule has 2 aromatic carbocycles. The van der Waals surface area contributed by atoms with Crippen LogP contribution in [0.2, 0.25) is 0 Å². The first kappa shape index (κ1) is 18.3. The number of carboxylic acid groups (broad SMARTS) is 1. The van der Waals surface area contributed by atoms with E-state index in [-0.39, 0.29) is 27.7 Å². The highest BCUT2D eigenvalue weighted by atomic mass is 32.1. The number of fused-ring (bicyclic) bond motifs is 1. The van der Waals surface area contributed by atoms with Gasteiger partial charge in [0.05, 0.1) is 6.57 Å². The summed E-state index contributed by atoms with van der Waals surface area (Å²) in [6, 6.07) is 10.6. The quantitative estimate of drug-likeness (QED) is 0.454. The largest absolute Gasteiger partial charge is 0.478 e. The summed E-state index contributed by atoms with van der Waals surface area (Å²) < 4.78 is 19.0. The van der Waals surface area contributed by atoms with E-state index in [2.05, 4.69) is 15.1 Å². The van der Waals surface area contributed by atoms with Crippen LogP contribution in [0.5, 0.6) is 0 Å². The van der Waals surface area contributed by atoms with Crippen LogP contribution in [0.1, 0.15) is 21.0 Å². The van der Waals surface area contributed by atoms with E-state index in [1.54, 1.807) is 24.3 Å². The van der Waals surface area contributed by atoms with Crippen LogP contribution in [-0.2, 0) is 0 Å². The number of nitrogens with one attached hydrogen (secondary N) is 1. The lowest BCUT2D eigenvalue weighted by Crippen LogP contribution is -2.13. The van der Waals surface area contributed by atoms with E-state index in [1.165, 1.54) is 17.5 Å². The highest BCUT2D eigenvalue weighted by Gasteiger charge is 2.23. The van der Waals surface area contributed by atoms with Crippen LogP contribution in [0.25, 0.3) is 27.1 Å². The van der Waals surface area contributed by atoms with Crippen molar-refractivity contribution in [2.45, 2.75) is 0 Å². The Balaban J connectivity index is 1.71. The highest BCUT2D eigenvalue weighted by molar-refractivity contribution is 7.15. The molecule has 0 fully saturated rings. The first-order valence-electron chi connectivity index (χ1n) is 8.17. The van der Waals surface area contributed by atoms with Gasteiger partial charge < -0.3 is 14.8 Å². The Morgan fingerprint density at radius 1 is 1.24 bits per heavy atom. The number of carboxylic acids is 1. The van der Waals surface area contributed by atoms with Gasteiger partial charge in [-0.2, -0.15) is 0 Å². The molecule has 0 atom stereocenters. The molecule has 142 valence electrons. The molecular formula is C20H10FN3O4S. The number of aromatic nitrogens is 1. The van der Waals surface area contributed by atoms with Crippen LogP contribution >= 0.6 is 11.3 Å². The van der Waals surface area contributed by atoms with Gasteiger partial charge in [-0.05, 0) is 29.8 Å². The van der Waals surface area contributed by atoms with E-state index in [0.717, 1.165) is 17.4 Å². The number of carbonyl (C=O) groups is 2. The summed E-state index contributed by atoms with van der Waals surface area (Å²) in [6.45, 7) is 7.02. The Morgan fingerprint density at radius 3 is 2.76 bits per heavy atom. The Kier molecular flexibility index (Phi) is 4.54. The van der Waals surface area contributed by atoms with Gasteiger partial charge in [0, 0.05) is 10.9 Å². The number of amides is 1. The molecule has 0 aliphatic rings. The smallest absolute Gasteiger partial charge is 0.339 e. The summed E-state index contributed by atoms with van der Waals surface area (Å²) in [7, 11) is 0. The fourth-order valence-corrected chi connectivity index (χ4v) is 3.72. The van der Waals surface area contributed by atoms with Crippen molar-refractivity contribution < 1.29 is 23.5 Å². The van der Waals surface area contributed by atoms with Crippen molar-refractivity contribution in [2.75, 3.05) is 5.32 Å². The van der Waals surface area contributed by atoms with Gasteiger partial charge in [0.1, 0.15) is 21.9 Å². The zero-order chi connectivity index (χ0) is 20.5. The van der Waals surface area contributed by atoms with E-state index >= 15 is 0 Å². The number of thiophene rings is 1. The molecule has 0 radical (unpaired) electrons. The minimum Gasteiger partial charge on any atom is -0.478 e. The summed E-state index contributed by atoms with van der Waals surface area (Å²) in [4.78, 5) is 31.5. The molecule has 29 heavy (non-hydrogen) atoms. The molecule has 0 bridgehead atoms. The van der Waals surface area contributed by atoms with Crippen molar-refractivity contribution in [3.63, 3.8) is 0 Å². The third-order valence-corrected chi connectivity index (χ3v) is 4.99. The lowest BCUT2D eigenvalue weighted by molar-refractivity contribution is 0.0699. The van der Waals surface area contributed by atoms with Crippen LogP contribution < -0.4 is 5.32 Å². The summed E-state index contributed by atoms with van der Waals surface area (Å²) >= 11 is 0.993. The number of anilines is 1. The molecule has 2 aromatic heterocycles. The first-order valence-corrected chi connectivity index (χ1v) is 9.05. The molecule has 0 aliphatic heterocycles. The van der Waals surface area contributed by atoms with Gasteiger partial charge in [-0.1, -0.05) is 18.2 Å². The number of hydrogen-bond donors (Lipinski definition) is 2. The molecule has 0 spiro atoms. The third-order valence-electron chi connectivity index (χ3n) is 4.10. The molecule has 2 heterocycles. The Bertz CT molecular complexity index is 1290. The van der Waals surface area contributed by atoms with Crippen LogP contribution in [0.15, 0.2) is 52.3 Å². The zero-order valence-electron chi connectivity index (χ0n) is 14.5. The zero-order valence-corrected chi connectivity index (χ0v) is 15.3. The predicted molar refractivity (Wildman–Crippen MR) is 105 cm³/mol. The number of para-hydroxylation sites is 2. The second-order valence-electron chi connectivity index (χ2n) is 5.88. The van der Waals surface area contributed by atoms with Crippen molar-refractivity contribution in [1.82, 2.24) is 4.98 Å². The summed E-state index contributed by atoms with van der Waals surface area (Å²) in [5.74, 6) is -2.87. The number of benzene rings is 2. The average Bonchev–Trinajstić information content (AvgIpc) is 3.32. The molecule has 0 saturated carbocycles. The molecule has 0 unspecified atom stereocenters. The molecule has 0 saturated heterocycles. The maximum atomic E-state index is 13.6. The number of aromatic carboxylic acids is 1. The van der Waals surface area contributed by atoms with Crippen molar-refractivity contribution in [2.24, 2.45) is 0 Å². The van der Waals surface area contributed by atoms with Crippen LogP contribution in [0.4, 0.5) is 15.1 Å². The SMILES string of the molecule is [C-]#[N+]c1cc(-c2csc(NC(=O)c3nc4ccccc4o3)c2C(=O)O)ccc1F. The number of nitrogens with zero attached hydrogens (tertiary/aromatic N) is 2. The topological polar surface area (TPSA) is 96.8 Å². The maximum absolute atomic E-state index is 13.6. The van der Waals surface area contributed by atoms with E-state index in [4.69, 9.17) is 11.0 Å². The molecular weight excluding hydrogens is 397 g/mol. The number of oxazole rings is 1. The number of halogens is 1. The lowest BCUT2D eigenvalue weighted by Gasteiger charge is -2.05. The molecule has 7 nitrogen and oxygen atoms in total. The monoisotopic (exact) mass is 407 g/mol. The minimum atomic E-state index is -1.28. The van der Waals surface area contributed by atoms with Gasteiger partial charge in [-0.15, -0.1) is 11.3 Å². The summed E-state index contributed by atoms with van der Waals surface area (Å²) in [5, 5.41) is 13.8. The van der Waals surface area contributed by atoms with Crippen LogP contribution in [-0.4, -0.2) is 22.0 Å². The van der Waals surface area contributed by atoms with Gasteiger partial charge >= 0.3 is 11.9 Å². The second-order valence-corrected chi connectivity index (χ2v) is 6.76. The van der Waals surface area contributed by atoms with Crippen LogP contribution in [0.3, 0.4) is 0 Å². The van der Waals surface area contributed by atoms with Crippen molar-refractivity contribution in [1.29, 1.82) is 0 Å². The molecule has 0 aliphatic carbocycles. The summed E-state index contributed by atoms with van der Waals surface area (Å²) in [5.41, 5.74) is 1.17. The fourth-order valence-electron chi connectivity index (χ4n) is 2.77. The van der Waals surface area contributed by atoms with Gasteiger partial charge in [-0.25, -0.2) is 19.0 Å². The Hall–Kier alpha value is -4.03. The minimum absolute atomic E-state index is 0.0773. The van der Waals surface area contributed by atoms with Crippen molar-refractivity contribution >= 4 is 45.0 Å². The standard InChI is InChI=1S/C20H10FN3O4S/c1-22-14-8-10(6-7-12(14)21)11-9-29-19(16(11)20(26)27)24-17(25)18-23-13-4-2-3-5-15(13)28-18/h2-9H,(H,24,25)(H,26,27). The average molecular weight is 407 g/mol. The normalized spacial score (nSPS) is 10.6. The Labute approximate surface area is 166 Å². The number of hydrogen-bond acceptors (Lipinski definition) is 5.